The van der Waals surface area contributed by atoms with Gasteiger partial charge in [0.1, 0.15) is 0 Å². The van der Waals surface area contributed by atoms with E-state index in [4.69, 9.17) is 11.1 Å². The molecular formula is C21H29N9O2. The van der Waals surface area contributed by atoms with Crippen molar-refractivity contribution in [3.8, 4) is 0 Å². The van der Waals surface area contributed by atoms with Gasteiger partial charge in [-0.1, -0.05) is 60.5 Å². The van der Waals surface area contributed by atoms with Crippen molar-refractivity contribution in [3.63, 3.8) is 0 Å². The molecule has 0 aliphatic carbocycles. The number of hydrogen-bond acceptors (Lipinski definition) is 8. The van der Waals surface area contributed by atoms with Crippen LogP contribution >= 0.6 is 0 Å². The third kappa shape index (κ3) is 5.55. The van der Waals surface area contributed by atoms with Gasteiger partial charge in [-0.3, -0.25) is 15.1 Å². The Bertz CT molecular complexity index is 992. The summed E-state index contributed by atoms with van der Waals surface area (Å²) in [5, 5.41) is 32.3. The van der Waals surface area contributed by atoms with Gasteiger partial charge in [0, 0.05) is 6.54 Å². The number of oxime groups is 1. The summed E-state index contributed by atoms with van der Waals surface area (Å²) in [6, 6.07) is 9.64. The Morgan fingerprint density at radius 2 is 1.97 bits per heavy atom. The van der Waals surface area contributed by atoms with Crippen LogP contribution in [0.1, 0.15) is 60.8 Å². The van der Waals surface area contributed by atoms with Crippen molar-refractivity contribution in [2.75, 3.05) is 13.1 Å². The van der Waals surface area contributed by atoms with Crippen molar-refractivity contribution in [1.29, 1.82) is 5.41 Å². The van der Waals surface area contributed by atoms with Gasteiger partial charge in [0.2, 0.25) is 5.84 Å². The molecule has 11 heteroatoms. The average Bonchev–Trinajstić information content (AvgIpc) is 3.21. The van der Waals surface area contributed by atoms with E-state index < -0.39 is 11.7 Å². The zero-order valence-corrected chi connectivity index (χ0v) is 18.2. The highest BCUT2D eigenvalue weighted by Crippen LogP contribution is 2.15. The van der Waals surface area contributed by atoms with E-state index in [1.165, 1.54) is 0 Å². The van der Waals surface area contributed by atoms with Crippen molar-refractivity contribution in [1.82, 2.24) is 25.3 Å². The first kappa shape index (κ1) is 23.1. The second kappa shape index (κ2) is 11.1. The fraction of sp³-hybridized carbons (Fsp3) is 0.429. The minimum atomic E-state index is -0.534. The summed E-state index contributed by atoms with van der Waals surface area (Å²) in [7, 11) is 0. The van der Waals surface area contributed by atoms with Gasteiger partial charge in [0.15, 0.2) is 11.5 Å². The molecule has 2 aromatic rings. The lowest BCUT2D eigenvalue weighted by atomic mass is 10.1. The minimum absolute atomic E-state index is 0.0469. The van der Waals surface area contributed by atoms with Gasteiger partial charge in [-0.15, -0.1) is 5.10 Å². The van der Waals surface area contributed by atoms with E-state index in [0.29, 0.717) is 18.7 Å². The van der Waals surface area contributed by atoms with Crippen LogP contribution in [0.3, 0.4) is 0 Å². The first-order valence-corrected chi connectivity index (χ1v) is 10.7. The molecule has 1 amide bonds. The number of hydrazone groups is 1. The Kier molecular flexibility index (Phi) is 8.03. The first-order valence-electron chi connectivity index (χ1n) is 10.7. The molecule has 1 saturated heterocycles. The van der Waals surface area contributed by atoms with Crippen LogP contribution in [0.5, 0.6) is 0 Å². The van der Waals surface area contributed by atoms with Crippen LogP contribution in [0, 0.1) is 5.41 Å². The molecule has 32 heavy (non-hydrogen) atoms. The predicted octanol–water partition coefficient (Wildman–Crippen LogP) is 1.77. The summed E-state index contributed by atoms with van der Waals surface area (Å²) in [5.41, 5.74) is 10.2. The summed E-state index contributed by atoms with van der Waals surface area (Å²) in [6.07, 6.45) is 4.84. The lowest BCUT2D eigenvalue weighted by molar-refractivity contribution is 0.0947. The Morgan fingerprint density at radius 1 is 1.25 bits per heavy atom. The molecule has 0 bridgehead atoms. The molecule has 1 aliphatic rings. The third-order valence-electron chi connectivity index (χ3n) is 5.22. The van der Waals surface area contributed by atoms with Crippen molar-refractivity contribution in [2.45, 2.75) is 45.6 Å². The van der Waals surface area contributed by atoms with Gasteiger partial charge < -0.3 is 10.9 Å². The zero-order chi connectivity index (χ0) is 22.9. The van der Waals surface area contributed by atoms with Crippen molar-refractivity contribution in [2.24, 2.45) is 16.0 Å². The van der Waals surface area contributed by atoms with Gasteiger partial charge in [0.05, 0.1) is 11.4 Å². The zero-order valence-electron chi connectivity index (χ0n) is 18.2. The first-order chi connectivity index (χ1) is 15.5. The van der Waals surface area contributed by atoms with Crippen LogP contribution in [-0.2, 0) is 6.54 Å². The quantitative estimate of drug-likeness (QED) is 0.223. The number of rotatable bonds is 7. The van der Waals surface area contributed by atoms with E-state index in [0.717, 1.165) is 54.7 Å². The SMILES string of the molecule is CCC/C(=N\NC(=O)c1nnn(/C(=N/O)C(=N)N)c1CN1CCCCC1)c1ccccc1. The molecule has 5 N–H and O–H groups in total. The number of carbonyl (C=O) groups is 1. The topological polar surface area (TPSA) is 158 Å². The maximum Gasteiger partial charge on any atom is 0.293 e. The van der Waals surface area contributed by atoms with Crippen LogP contribution in [0.4, 0.5) is 0 Å². The minimum Gasteiger partial charge on any atom is -0.409 e. The second-order valence-corrected chi connectivity index (χ2v) is 7.59. The summed E-state index contributed by atoms with van der Waals surface area (Å²) < 4.78 is 1.14. The Labute approximate surface area is 186 Å². The van der Waals surface area contributed by atoms with Crippen molar-refractivity contribution >= 4 is 23.3 Å². The van der Waals surface area contributed by atoms with Crippen LogP contribution in [0.2, 0.25) is 0 Å². The van der Waals surface area contributed by atoms with E-state index in [9.17, 15) is 10.0 Å². The molecule has 0 spiro atoms. The summed E-state index contributed by atoms with van der Waals surface area (Å²) >= 11 is 0. The normalized spacial score (nSPS) is 15.5. The number of nitrogens with zero attached hydrogens (tertiary/aromatic N) is 6. The van der Waals surface area contributed by atoms with E-state index in [1.54, 1.807) is 0 Å². The molecule has 0 radical (unpaired) electrons. The number of amides is 1. The van der Waals surface area contributed by atoms with Crippen LogP contribution in [0.15, 0.2) is 40.6 Å². The number of piperidine rings is 1. The van der Waals surface area contributed by atoms with Crippen molar-refractivity contribution < 1.29 is 10.0 Å². The van der Waals surface area contributed by atoms with Crippen molar-refractivity contribution in [3.05, 3.63) is 47.3 Å². The summed E-state index contributed by atoms with van der Waals surface area (Å²) in [4.78, 5) is 15.2. The molecule has 170 valence electrons. The molecule has 1 aliphatic heterocycles. The number of hydrogen-bond donors (Lipinski definition) is 4. The average molecular weight is 440 g/mol. The standard InChI is InChI=1S/C21H29N9O2/c1-2-9-16(15-10-5-3-6-11-15)24-26-21(31)18-17(14-29-12-7-4-8-13-29)30(28-25-18)20(27-32)19(22)23/h3,5-6,10-11,32H,2,4,7-9,12-14H2,1H3,(H3,22,23)(H,26,31)/b24-16+,27-20+. The van der Waals surface area contributed by atoms with Gasteiger partial charge >= 0.3 is 0 Å². The van der Waals surface area contributed by atoms with E-state index in [1.807, 2.05) is 37.3 Å². The lowest BCUT2D eigenvalue weighted by Crippen LogP contribution is -2.35. The van der Waals surface area contributed by atoms with E-state index in [-0.39, 0.29) is 11.5 Å². The van der Waals surface area contributed by atoms with E-state index in [2.05, 4.69) is 30.9 Å². The smallest absolute Gasteiger partial charge is 0.293 e. The molecule has 3 rings (SSSR count). The van der Waals surface area contributed by atoms with Gasteiger partial charge in [0.25, 0.3) is 5.91 Å². The van der Waals surface area contributed by atoms with Gasteiger partial charge in [-0.2, -0.15) is 9.78 Å². The highest BCUT2D eigenvalue weighted by atomic mass is 16.4. The molecular weight excluding hydrogens is 410 g/mol. The predicted molar refractivity (Wildman–Crippen MR) is 121 cm³/mol. The van der Waals surface area contributed by atoms with Crippen LogP contribution < -0.4 is 11.2 Å². The Morgan fingerprint density at radius 3 is 2.59 bits per heavy atom. The largest absolute Gasteiger partial charge is 0.409 e. The highest BCUT2D eigenvalue weighted by Gasteiger charge is 2.26. The highest BCUT2D eigenvalue weighted by molar-refractivity contribution is 6.39. The summed E-state index contributed by atoms with van der Waals surface area (Å²) in [5.74, 6) is -1.31. The maximum atomic E-state index is 13.0. The molecule has 1 aromatic carbocycles. The number of nitrogens with one attached hydrogen (secondary N) is 2. The molecule has 0 atom stereocenters. The molecule has 0 unspecified atom stereocenters. The van der Waals surface area contributed by atoms with Crippen LogP contribution in [-0.4, -0.2) is 61.5 Å². The second-order valence-electron chi connectivity index (χ2n) is 7.59. The number of carbonyl (C=O) groups excluding carboxylic acids is 1. The fourth-order valence-corrected chi connectivity index (χ4v) is 3.63. The maximum absolute atomic E-state index is 13.0. The molecule has 11 nitrogen and oxygen atoms in total. The number of likely N-dealkylation sites (tertiary alicyclic amines) is 1. The van der Waals surface area contributed by atoms with Crippen LogP contribution in [0.25, 0.3) is 0 Å². The Hall–Kier alpha value is -3.60. The molecule has 1 aromatic heterocycles. The number of amidine groups is 1. The third-order valence-corrected chi connectivity index (χ3v) is 5.22. The van der Waals surface area contributed by atoms with E-state index >= 15 is 0 Å². The Balaban J connectivity index is 1.90. The molecule has 2 heterocycles. The van der Waals surface area contributed by atoms with Gasteiger partial charge in [-0.25, -0.2) is 5.43 Å². The lowest BCUT2D eigenvalue weighted by Gasteiger charge is -2.26. The monoisotopic (exact) mass is 439 g/mol. The number of nitrogens with two attached hydrogens (primary N) is 1. The fourth-order valence-electron chi connectivity index (χ4n) is 3.63. The van der Waals surface area contributed by atoms with Gasteiger partial charge in [-0.05, 0) is 37.9 Å². The summed E-state index contributed by atoms with van der Waals surface area (Å²) in [6.45, 7) is 4.13. The number of aromatic nitrogens is 3. The number of benzene rings is 1. The molecule has 1 fully saturated rings. The molecule has 0 saturated carbocycles.